The first-order valence-electron chi connectivity index (χ1n) is 5.02. The van der Waals surface area contributed by atoms with Gasteiger partial charge in [-0.05, 0) is 22.0 Å². The molecule has 1 aromatic rings. The topological polar surface area (TPSA) is 42.4 Å². The predicted molar refractivity (Wildman–Crippen MR) is 60.5 cm³/mol. The second-order valence-corrected chi connectivity index (χ2v) is 4.58. The molecule has 0 N–H and O–H groups in total. The molecule has 1 aliphatic rings. The summed E-state index contributed by atoms with van der Waals surface area (Å²) >= 11 is 3.15. The van der Waals surface area contributed by atoms with E-state index < -0.39 is 18.5 Å². The average Bonchev–Trinajstić information content (AvgIpc) is 2.25. The van der Waals surface area contributed by atoms with Gasteiger partial charge in [-0.1, -0.05) is 0 Å². The molecule has 0 aromatic carbocycles. The monoisotopic (exact) mass is 324 g/mol. The third-order valence-corrected chi connectivity index (χ3v) is 2.73. The summed E-state index contributed by atoms with van der Waals surface area (Å²) in [5, 5.41) is 0. The number of hydrogen-bond donors (Lipinski definition) is 0. The summed E-state index contributed by atoms with van der Waals surface area (Å²) in [6.07, 6.45) is -4.55. The molecule has 8 heteroatoms. The van der Waals surface area contributed by atoms with Crippen LogP contribution in [-0.4, -0.2) is 30.2 Å². The van der Waals surface area contributed by atoms with Gasteiger partial charge in [0.05, 0.1) is 6.54 Å². The molecular formula is C10H8BrF3N2O2. The quantitative estimate of drug-likeness (QED) is 0.797. The zero-order valence-electron chi connectivity index (χ0n) is 9.00. The van der Waals surface area contributed by atoms with Crippen molar-refractivity contribution in [3.63, 3.8) is 0 Å². The van der Waals surface area contributed by atoms with Crippen LogP contribution in [-0.2, 0) is 4.79 Å². The summed E-state index contributed by atoms with van der Waals surface area (Å²) < 4.78 is 42.4. The molecule has 0 saturated carbocycles. The van der Waals surface area contributed by atoms with Crippen LogP contribution in [0.2, 0.25) is 0 Å². The maximum Gasteiger partial charge on any atom is 0.397 e. The van der Waals surface area contributed by atoms with Crippen LogP contribution in [0.4, 0.5) is 18.9 Å². The second kappa shape index (κ2) is 4.75. The van der Waals surface area contributed by atoms with Gasteiger partial charge < -0.3 is 9.64 Å². The lowest BCUT2D eigenvalue weighted by atomic mass is 10.2. The van der Waals surface area contributed by atoms with Gasteiger partial charge in [-0.15, -0.1) is 0 Å². The van der Waals surface area contributed by atoms with E-state index in [-0.39, 0.29) is 24.7 Å². The zero-order valence-corrected chi connectivity index (χ0v) is 10.6. The fourth-order valence-electron chi connectivity index (χ4n) is 1.60. The number of ether oxygens (including phenoxy) is 1. The number of carbonyl (C=O) groups excluding carboxylic acids is 1. The molecule has 4 nitrogen and oxygen atoms in total. The summed E-state index contributed by atoms with van der Waals surface area (Å²) in [7, 11) is 0. The van der Waals surface area contributed by atoms with Crippen LogP contribution in [0.25, 0.3) is 0 Å². The van der Waals surface area contributed by atoms with Crippen LogP contribution in [0.15, 0.2) is 16.7 Å². The van der Waals surface area contributed by atoms with Crippen molar-refractivity contribution in [1.82, 2.24) is 4.98 Å². The molecule has 0 fully saturated rings. The minimum Gasteiger partial charge on any atom is -0.474 e. The molecule has 0 bridgehead atoms. The van der Waals surface area contributed by atoms with Crippen molar-refractivity contribution >= 4 is 27.5 Å². The Hall–Kier alpha value is -1.31. The largest absolute Gasteiger partial charge is 0.474 e. The zero-order chi connectivity index (χ0) is 13.3. The number of nitrogens with zero attached hydrogens (tertiary/aromatic N) is 2. The van der Waals surface area contributed by atoms with Crippen molar-refractivity contribution in [2.45, 2.75) is 12.6 Å². The number of rotatable bonds is 1. The van der Waals surface area contributed by atoms with Crippen LogP contribution in [0, 0.1) is 0 Å². The first-order valence-corrected chi connectivity index (χ1v) is 5.81. The molecule has 0 saturated heterocycles. The summed E-state index contributed by atoms with van der Waals surface area (Å²) in [6, 6.07) is 1.51. The van der Waals surface area contributed by atoms with Crippen molar-refractivity contribution in [1.29, 1.82) is 0 Å². The van der Waals surface area contributed by atoms with Crippen molar-refractivity contribution in [3.8, 4) is 5.88 Å². The van der Waals surface area contributed by atoms with E-state index in [1.54, 1.807) is 0 Å². The van der Waals surface area contributed by atoms with E-state index in [2.05, 4.69) is 20.9 Å². The molecule has 1 aliphatic heterocycles. The standard InChI is InChI=1S/C10H8BrF3N2O2/c11-6-3-7-9(15-5-6)18-2-1-16(7)8(17)4-10(12,13)14/h3,5H,1-2,4H2. The highest BCUT2D eigenvalue weighted by atomic mass is 79.9. The van der Waals surface area contributed by atoms with Crippen LogP contribution >= 0.6 is 15.9 Å². The molecule has 2 heterocycles. The van der Waals surface area contributed by atoms with Crippen LogP contribution in [0.1, 0.15) is 6.42 Å². The van der Waals surface area contributed by atoms with Gasteiger partial charge in [0.15, 0.2) is 0 Å². The van der Waals surface area contributed by atoms with E-state index in [9.17, 15) is 18.0 Å². The fraction of sp³-hybridized carbons (Fsp3) is 0.400. The number of anilines is 1. The van der Waals surface area contributed by atoms with E-state index in [4.69, 9.17) is 4.74 Å². The molecule has 0 unspecified atom stereocenters. The molecular weight excluding hydrogens is 317 g/mol. The summed E-state index contributed by atoms with van der Waals surface area (Å²) in [6.45, 7) is 0.214. The van der Waals surface area contributed by atoms with Crippen LogP contribution < -0.4 is 9.64 Å². The van der Waals surface area contributed by atoms with E-state index in [0.717, 1.165) is 4.90 Å². The van der Waals surface area contributed by atoms with Gasteiger partial charge >= 0.3 is 6.18 Å². The SMILES string of the molecule is O=C(CC(F)(F)F)N1CCOc2ncc(Br)cc21. The number of amides is 1. The van der Waals surface area contributed by atoms with Crippen LogP contribution in [0.5, 0.6) is 5.88 Å². The Balaban J connectivity index is 2.27. The third kappa shape index (κ3) is 2.92. The molecule has 0 aliphatic carbocycles. The Morgan fingerprint density at radius 3 is 2.94 bits per heavy atom. The Kier molecular flexibility index (Phi) is 3.47. The first kappa shape index (κ1) is 13.1. The first-order chi connectivity index (χ1) is 8.37. The Morgan fingerprint density at radius 2 is 2.28 bits per heavy atom. The molecule has 0 spiro atoms. The number of aromatic nitrogens is 1. The lowest BCUT2D eigenvalue weighted by molar-refractivity contribution is -0.152. The van der Waals surface area contributed by atoms with Gasteiger partial charge in [0.25, 0.3) is 0 Å². The van der Waals surface area contributed by atoms with E-state index in [1.165, 1.54) is 12.3 Å². The maximum absolute atomic E-state index is 12.2. The van der Waals surface area contributed by atoms with Gasteiger partial charge in [-0.3, -0.25) is 4.79 Å². The maximum atomic E-state index is 12.2. The minimum absolute atomic E-state index is 0.0834. The predicted octanol–water partition coefficient (Wildman–Crippen LogP) is 2.52. The summed E-state index contributed by atoms with van der Waals surface area (Å²) in [4.78, 5) is 16.5. The van der Waals surface area contributed by atoms with Gasteiger partial charge in [-0.2, -0.15) is 13.2 Å². The molecule has 0 atom stereocenters. The highest BCUT2D eigenvalue weighted by Crippen LogP contribution is 2.33. The summed E-state index contributed by atoms with van der Waals surface area (Å²) in [5.74, 6) is -0.841. The molecule has 1 amide bonds. The molecule has 2 rings (SSSR count). The highest BCUT2D eigenvalue weighted by Gasteiger charge is 2.35. The Labute approximate surface area is 109 Å². The van der Waals surface area contributed by atoms with E-state index in [1.807, 2.05) is 0 Å². The molecule has 0 radical (unpaired) electrons. The normalized spacial score (nSPS) is 15.0. The molecule has 98 valence electrons. The number of carbonyl (C=O) groups is 1. The number of halogens is 4. The van der Waals surface area contributed by atoms with Gasteiger partial charge in [0.2, 0.25) is 11.8 Å². The molecule has 18 heavy (non-hydrogen) atoms. The average molecular weight is 325 g/mol. The van der Waals surface area contributed by atoms with Crippen molar-refractivity contribution in [3.05, 3.63) is 16.7 Å². The molecule has 1 aromatic heterocycles. The Morgan fingerprint density at radius 1 is 1.56 bits per heavy atom. The highest BCUT2D eigenvalue weighted by molar-refractivity contribution is 9.10. The van der Waals surface area contributed by atoms with Crippen molar-refractivity contribution < 1.29 is 22.7 Å². The van der Waals surface area contributed by atoms with Crippen molar-refractivity contribution in [2.75, 3.05) is 18.1 Å². The van der Waals surface area contributed by atoms with E-state index >= 15 is 0 Å². The van der Waals surface area contributed by atoms with Gasteiger partial charge in [-0.25, -0.2) is 4.98 Å². The number of pyridine rings is 1. The Bertz CT molecular complexity index is 479. The van der Waals surface area contributed by atoms with Gasteiger partial charge in [0.1, 0.15) is 18.7 Å². The summed E-state index contributed by atoms with van der Waals surface area (Å²) in [5.41, 5.74) is 0.255. The lowest BCUT2D eigenvalue weighted by Gasteiger charge is -2.29. The smallest absolute Gasteiger partial charge is 0.397 e. The number of alkyl halides is 3. The van der Waals surface area contributed by atoms with E-state index in [0.29, 0.717) is 4.47 Å². The third-order valence-electron chi connectivity index (χ3n) is 2.30. The number of hydrogen-bond acceptors (Lipinski definition) is 3. The second-order valence-electron chi connectivity index (χ2n) is 3.66. The minimum atomic E-state index is -4.52. The lowest BCUT2D eigenvalue weighted by Crippen LogP contribution is -2.40. The number of fused-ring (bicyclic) bond motifs is 1. The van der Waals surface area contributed by atoms with Crippen molar-refractivity contribution in [2.24, 2.45) is 0 Å². The van der Waals surface area contributed by atoms with Crippen LogP contribution in [0.3, 0.4) is 0 Å². The fourth-order valence-corrected chi connectivity index (χ4v) is 1.92. The van der Waals surface area contributed by atoms with Gasteiger partial charge in [0, 0.05) is 10.7 Å².